The maximum Gasteiger partial charge on any atom is 0.140 e. The number of para-hydroxylation sites is 3. The van der Waals surface area contributed by atoms with Gasteiger partial charge in [0.2, 0.25) is 0 Å². The van der Waals surface area contributed by atoms with Gasteiger partial charge in [0.1, 0.15) is 16.0 Å². The molecule has 0 aliphatic carbocycles. The molecule has 0 saturated carbocycles. The average Bonchev–Trinajstić information content (AvgIpc) is 3.98. The summed E-state index contributed by atoms with van der Waals surface area (Å²) in [5, 5.41) is 4.19. The Balaban J connectivity index is 0.000000214. The van der Waals surface area contributed by atoms with E-state index in [4.69, 9.17) is 17.6 Å². The molecule has 0 fully saturated rings. The number of aromatic nitrogens is 4. The molecule has 0 amide bonds. The molecule has 0 unspecified atom stereocenters. The number of halogens is 1. The molecular weight excluding hydrogens is 1020 g/mol. The van der Waals surface area contributed by atoms with Gasteiger partial charge < -0.3 is 8.98 Å². The Morgan fingerprint density at radius 1 is 0.839 bits per heavy atom. The second-order valence-electron chi connectivity index (χ2n) is 16.7. The van der Waals surface area contributed by atoms with Crippen LogP contribution in [-0.2, 0) is 32.9 Å². The fourth-order valence-electron chi connectivity index (χ4n) is 8.44. The SMILES string of the molecule is [2H]C([2H])([2H])c1cc[c-]c(-c2cc(C(C)C)[c]([Ge]([CH3])([CH3])[CH3])cn2)c1F.[2H]C([2H])([2H])c1ccc2c(n1)sc1c(-c3nc4ccccc4n3-c3c(CC)cc4c(oc5ccccc54)c3CC)[c-]ccc12.[Ir]. The maximum absolute atomic E-state index is 14.7. The molecule has 5 aromatic carbocycles. The number of benzene rings is 5. The molecule has 0 aliphatic rings. The molecule has 1 radical (unpaired) electrons. The van der Waals surface area contributed by atoms with Crippen molar-refractivity contribution in [3.63, 3.8) is 0 Å². The first-order valence-corrected chi connectivity index (χ1v) is 28.9. The topological polar surface area (TPSA) is 56.7 Å². The summed E-state index contributed by atoms with van der Waals surface area (Å²) in [7, 11) is 0. The third-order valence-corrected chi connectivity index (χ3v) is 16.8. The van der Waals surface area contributed by atoms with Crippen LogP contribution in [0.1, 0.15) is 69.8 Å². The third kappa shape index (κ3) is 7.63. The minimum Gasteiger partial charge on any atom is -0.456 e. The molecule has 0 N–H and O–H groups in total. The maximum atomic E-state index is 14.7. The Morgan fingerprint density at radius 3 is 2.37 bits per heavy atom. The molecule has 5 nitrogen and oxygen atoms in total. The number of fused-ring (bicyclic) bond motifs is 7. The van der Waals surface area contributed by atoms with Gasteiger partial charge in [0.05, 0.1) is 16.9 Å². The van der Waals surface area contributed by atoms with Gasteiger partial charge in [0.15, 0.2) is 0 Å². The first-order valence-electron chi connectivity index (χ1n) is 23.7. The van der Waals surface area contributed by atoms with E-state index in [-0.39, 0.29) is 36.9 Å². The smallest absolute Gasteiger partial charge is 0.140 e. The molecule has 0 saturated heterocycles. The van der Waals surface area contributed by atoms with Crippen molar-refractivity contribution in [3.05, 3.63) is 149 Å². The Hall–Kier alpha value is -4.99. The van der Waals surface area contributed by atoms with E-state index in [0.29, 0.717) is 16.4 Å². The molecule has 10 rings (SSSR count). The van der Waals surface area contributed by atoms with E-state index in [1.807, 2.05) is 60.8 Å². The molecule has 0 bridgehead atoms. The van der Waals surface area contributed by atoms with Gasteiger partial charge in [-0.25, -0.2) is 4.98 Å². The van der Waals surface area contributed by atoms with Gasteiger partial charge in [-0.15, -0.1) is 18.2 Å². The molecule has 0 atom stereocenters. The van der Waals surface area contributed by atoms with Gasteiger partial charge in [-0.3, -0.25) is 4.98 Å². The molecule has 315 valence electrons. The molecule has 9 heteroatoms. The zero-order valence-corrected chi connectivity index (χ0v) is 40.9. The summed E-state index contributed by atoms with van der Waals surface area (Å²) in [5.41, 5.74) is 9.54. The normalized spacial score (nSPS) is 13.7. The van der Waals surface area contributed by atoms with Crippen LogP contribution in [0.5, 0.6) is 0 Å². The zero-order valence-electron chi connectivity index (χ0n) is 41.6. The van der Waals surface area contributed by atoms with Gasteiger partial charge in [-0.05, 0) is 65.7 Å². The molecule has 5 aromatic heterocycles. The van der Waals surface area contributed by atoms with E-state index < -0.39 is 32.8 Å². The third-order valence-electron chi connectivity index (χ3n) is 11.4. The van der Waals surface area contributed by atoms with Crippen LogP contribution in [0.3, 0.4) is 0 Å². The summed E-state index contributed by atoms with van der Waals surface area (Å²) in [4.78, 5) is 14.9. The molecule has 0 spiro atoms. The fraction of sp³-hybridized carbons (Fsp3) is 0.226. The van der Waals surface area contributed by atoms with Crippen LogP contribution in [0.25, 0.3) is 81.6 Å². The van der Waals surface area contributed by atoms with Gasteiger partial charge in [0, 0.05) is 51.9 Å². The van der Waals surface area contributed by atoms with E-state index in [1.54, 1.807) is 6.07 Å². The van der Waals surface area contributed by atoms with Crippen molar-refractivity contribution in [3.8, 4) is 28.3 Å². The predicted molar refractivity (Wildman–Crippen MR) is 257 cm³/mol. The zero-order chi connectivity index (χ0) is 47.7. The van der Waals surface area contributed by atoms with Crippen LogP contribution in [0.2, 0.25) is 17.3 Å². The number of nitrogens with zero attached hydrogens (tertiary/aromatic N) is 4. The summed E-state index contributed by atoms with van der Waals surface area (Å²) in [6.45, 7) is 3.82. The largest absolute Gasteiger partial charge is 0.456 e. The van der Waals surface area contributed by atoms with Crippen LogP contribution >= 0.6 is 11.3 Å². The van der Waals surface area contributed by atoms with E-state index in [1.165, 1.54) is 39.0 Å². The van der Waals surface area contributed by atoms with Crippen molar-refractivity contribution in [2.75, 3.05) is 0 Å². The number of pyridine rings is 2. The van der Waals surface area contributed by atoms with Gasteiger partial charge in [-0.1, -0.05) is 61.2 Å². The van der Waals surface area contributed by atoms with Crippen molar-refractivity contribution >= 4 is 82.3 Å². The number of hydrogen-bond donors (Lipinski definition) is 0. The quantitative estimate of drug-likeness (QED) is 0.118. The van der Waals surface area contributed by atoms with Crippen LogP contribution in [-0.4, -0.2) is 32.8 Å². The van der Waals surface area contributed by atoms with Crippen LogP contribution in [0, 0.1) is 31.7 Å². The van der Waals surface area contributed by atoms with Crippen LogP contribution < -0.4 is 4.40 Å². The van der Waals surface area contributed by atoms with Crippen LogP contribution in [0.15, 0.2) is 108 Å². The number of hydrogen-bond acceptors (Lipinski definition) is 5. The van der Waals surface area contributed by atoms with E-state index in [2.05, 4.69) is 95.9 Å². The van der Waals surface area contributed by atoms with Crippen molar-refractivity contribution in [1.82, 2.24) is 19.5 Å². The first kappa shape index (κ1) is 36.5. The second kappa shape index (κ2) is 17.3. The molecule has 0 aliphatic heterocycles. The summed E-state index contributed by atoms with van der Waals surface area (Å²) < 4.78 is 71.8. The monoisotopic (exact) mass is 1080 g/mol. The average molecular weight is 1080 g/mol. The number of thiophene rings is 1. The Morgan fingerprint density at radius 2 is 1.61 bits per heavy atom. The Labute approximate surface area is 391 Å². The first-order chi connectivity index (χ1) is 31.8. The van der Waals surface area contributed by atoms with E-state index in [9.17, 15) is 4.39 Å². The van der Waals surface area contributed by atoms with Gasteiger partial charge in [0.25, 0.3) is 0 Å². The predicted octanol–water partition coefficient (Wildman–Crippen LogP) is 14.3. The van der Waals surface area contributed by atoms with Crippen molar-refractivity contribution in [2.45, 2.75) is 77.4 Å². The molecule has 5 heterocycles. The fourth-order valence-corrected chi connectivity index (χ4v) is 13.1. The van der Waals surface area contributed by atoms with Crippen molar-refractivity contribution in [2.24, 2.45) is 0 Å². The van der Waals surface area contributed by atoms with E-state index >= 15 is 0 Å². The van der Waals surface area contributed by atoms with Crippen LogP contribution in [0.4, 0.5) is 4.39 Å². The number of furan rings is 1. The van der Waals surface area contributed by atoms with E-state index in [0.717, 1.165) is 83.9 Å². The molecular formula is C53H49FGeIrN4OS-2. The minimum atomic E-state index is -2.49. The minimum absolute atomic E-state index is 0. The summed E-state index contributed by atoms with van der Waals surface area (Å²) in [5.74, 6) is 7.21. The Bertz CT molecular complexity index is 3540. The molecule has 10 aromatic rings. The summed E-state index contributed by atoms with van der Waals surface area (Å²) in [6, 6.07) is 37.1. The van der Waals surface area contributed by atoms with Gasteiger partial charge in [-0.2, -0.15) is 11.3 Å². The standard InChI is InChI=1S/C35H26N3OS.C18H23FGeN.Ir/c1-4-21-19-27-23-11-6-9-16-30(23)39-32(27)22(5-2)31(21)38-29-15-8-7-14-28(29)37-34(38)26-13-10-12-24-25-18-17-20(3)36-35(25)40-33(24)26;1-12(2)15-10-17(21-11-16(15)20(4,5)6)14-9-7-8-13(3)18(14)19;/h6-12,14-19H,4-5H2,1-3H3;7-8,10-12H,1-6H3;/q2*-1;/i2*3D3;. The summed E-state index contributed by atoms with van der Waals surface area (Å²) >= 11 is -0.612. The Kier molecular flexibility index (Phi) is 10.2. The number of imidazole rings is 1. The van der Waals surface area contributed by atoms with Crippen molar-refractivity contribution < 1.29 is 37.1 Å². The second-order valence-corrected chi connectivity index (χ2v) is 28.3. The summed E-state index contributed by atoms with van der Waals surface area (Å²) in [6.07, 6.45) is 3.46. The van der Waals surface area contributed by atoms with Crippen molar-refractivity contribution in [1.29, 1.82) is 0 Å². The number of aryl methyl sites for hydroxylation is 4. The van der Waals surface area contributed by atoms with Gasteiger partial charge >= 0.3 is 134 Å². The number of rotatable bonds is 7. The molecule has 62 heavy (non-hydrogen) atoms.